The number of rotatable bonds is 5. The molecule has 0 bridgehead atoms. The van der Waals surface area contributed by atoms with Gasteiger partial charge >= 0.3 is 5.97 Å². The van der Waals surface area contributed by atoms with E-state index in [0.29, 0.717) is 23.2 Å². The van der Waals surface area contributed by atoms with E-state index in [1.54, 1.807) is 19.1 Å². The van der Waals surface area contributed by atoms with Crippen molar-refractivity contribution in [2.24, 2.45) is 0 Å². The molecule has 0 amide bonds. The number of hydrogen-bond donors (Lipinski definition) is 0. The largest absolute Gasteiger partial charge is 0.467 e. The molecule has 0 unspecified atom stereocenters. The Morgan fingerprint density at radius 1 is 1.35 bits per heavy atom. The Bertz CT molecular complexity index is 425. The molecule has 0 N–H and O–H groups in total. The molecule has 0 aromatic heterocycles. The average Bonchev–Trinajstić information content (AvgIpc) is 2.35. The first-order valence-electron chi connectivity index (χ1n) is 4.94. The zero-order valence-electron chi connectivity index (χ0n) is 9.98. The van der Waals surface area contributed by atoms with Crippen molar-refractivity contribution in [3.05, 3.63) is 28.8 Å². The molecule has 5 nitrogen and oxygen atoms in total. The van der Waals surface area contributed by atoms with E-state index in [4.69, 9.17) is 9.47 Å². The number of aldehydes is 1. The molecule has 0 atom stereocenters. The van der Waals surface area contributed by atoms with Gasteiger partial charge in [-0.3, -0.25) is 4.79 Å². The van der Waals surface area contributed by atoms with Gasteiger partial charge in [-0.1, -0.05) is 0 Å². The molecule has 0 aliphatic rings. The molecule has 0 radical (unpaired) electrons. The van der Waals surface area contributed by atoms with Crippen molar-refractivity contribution in [1.29, 1.82) is 0 Å². The van der Waals surface area contributed by atoms with E-state index in [1.807, 2.05) is 0 Å². The van der Waals surface area contributed by atoms with Crippen LogP contribution in [0.4, 0.5) is 0 Å². The summed E-state index contributed by atoms with van der Waals surface area (Å²) in [5.41, 5.74) is 1.20. The fourth-order valence-electron chi connectivity index (χ4n) is 1.43. The van der Waals surface area contributed by atoms with E-state index in [9.17, 15) is 9.59 Å². The second-order valence-corrected chi connectivity index (χ2v) is 3.31. The Morgan fingerprint density at radius 3 is 2.59 bits per heavy atom. The fraction of sp³-hybridized carbons (Fsp3) is 0.333. The lowest BCUT2D eigenvalue weighted by molar-refractivity contribution is 0.0464. The van der Waals surface area contributed by atoms with Crippen molar-refractivity contribution in [1.82, 2.24) is 0 Å². The van der Waals surface area contributed by atoms with Gasteiger partial charge in [-0.15, -0.1) is 0 Å². The normalized spacial score (nSPS) is 9.82. The topological polar surface area (TPSA) is 61.8 Å². The van der Waals surface area contributed by atoms with Crippen molar-refractivity contribution in [2.45, 2.75) is 6.92 Å². The number of carbonyl (C=O) groups excluding carboxylic acids is 2. The molecule has 17 heavy (non-hydrogen) atoms. The highest BCUT2D eigenvalue weighted by Gasteiger charge is 2.18. The number of methoxy groups -OCH3 is 2. The maximum Gasteiger partial charge on any atom is 0.341 e. The zero-order valence-corrected chi connectivity index (χ0v) is 9.98. The fourth-order valence-corrected chi connectivity index (χ4v) is 1.43. The molecule has 0 saturated heterocycles. The van der Waals surface area contributed by atoms with Crippen molar-refractivity contribution in [2.75, 3.05) is 21.0 Å². The zero-order chi connectivity index (χ0) is 12.8. The summed E-state index contributed by atoms with van der Waals surface area (Å²) in [6.45, 7) is 1.68. The van der Waals surface area contributed by atoms with Crippen LogP contribution in [0, 0.1) is 6.92 Å². The molecular weight excluding hydrogens is 224 g/mol. The monoisotopic (exact) mass is 238 g/mol. The Hall–Kier alpha value is -1.88. The van der Waals surface area contributed by atoms with Crippen LogP contribution in [0.5, 0.6) is 5.75 Å². The van der Waals surface area contributed by atoms with Crippen LogP contribution in [0.15, 0.2) is 12.1 Å². The molecule has 0 saturated carbocycles. The first kappa shape index (κ1) is 13.2. The Kier molecular flexibility index (Phi) is 4.66. The quantitative estimate of drug-likeness (QED) is 0.442. The summed E-state index contributed by atoms with van der Waals surface area (Å²) in [4.78, 5) is 22.4. The van der Waals surface area contributed by atoms with Crippen molar-refractivity contribution >= 4 is 12.3 Å². The van der Waals surface area contributed by atoms with Crippen LogP contribution in [-0.4, -0.2) is 33.3 Å². The number of benzene rings is 1. The van der Waals surface area contributed by atoms with E-state index in [2.05, 4.69) is 4.74 Å². The van der Waals surface area contributed by atoms with Crippen molar-refractivity contribution < 1.29 is 23.8 Å². The number of esters is 1. The second-order valence-electron chi connectivity index (χ2n) is 3.31. The number of hydrogen-bond acceptors (Lipinski definition) is 5. The second kappa shape index (κ2) is 6.00. The van der Waals surface area contributed by atoms with E-state index in [0.717, 1.165) is 0 Å². The van der Waals surface area contributed by atoms with Gasteiger partial charge in [0.15, 0.2) is 6.79 Å². The predicted molar refractivity (Wildman–Crippen MR) is 60.4 cm³/mol. The maximum atomic E-state index is 11.6. The summed E-state index contributed by atoms with van der Waals surface area (Å²) in [5, 5.41) is 0. The minimum absolute atomic E-state index is 0.0177. The van der Waals surface area contributed by atoms with Crippen LogP contribution in [0.25, 0.3) is 0 Å². The van der Waals surface area contributed by atoms with E-state index in [1.165, 1.54) is 14.2 Å². The van der Waals surface area contributed by atoms with Gasteiger partial charge in [0.25, 0.3) is 0 Å². The van der Waals surface area contributed by atoms with Gasteiger partial charge in [-0.2, -0.15) is 0 Å². The van der Waals surface area contributed by atoms with Gasteiger partial charge in [0.2, 0.25) is 0 Å². The first-order chi connectivity index (χ1) is 8.15. The van der Waals surface area contributed by atoms with Gasteiger partial charge in [0.05, 0.1) is 7.11 Å². The Balaban J connectivity index is 3.25. The maximum absolute atomic E-state index is 11.6. The minimum Gasteiger partial charge on any atom is -0.467 e. The third kappa shape index (κ3) is 2.82. The van der Waals surface area contributed by atoms with E-state index >= 15 is 0 Å². The van der Waals surface area contributed by atoms with Gasteiger partial charge < -0.3 is 14.2 Å². The molecule has 5 heteroatoms. The van der Waals surface area contributed by atoms with Crippen LogP contribution in [0.1, 0.15) is 26.3 Å². The van der Waals surface area contributed by atoms with Crippen LogP contribution in [0.2, 0.25) is 0 Å². The van der Waals surface area contributed by atoms with E-state index in [-0.39, 0.29) is 12.4 Å². The summed E-state index contributed by atoms with van der Waals surface area (Å²) in [5.74, 6) is -0.209. The Labute approximate surface area is 99.3 Å². The van der Waals surface area contributed by atoms with Crippen molar-refractivity contribution in [3.63, 3.8) is 0 Å². The Morgan fingerprint density at radius 2 is 2.06 bits per heavy atom. The van der Waals surface area contributed by atoms with E-state index < -0.39 is 5.97 Å². The molecule has 92 valence electrons. The smallest absolute Gasteiger partial charge is 0.341 e. The van der Waals surface area contributed by atoms with Gasteiger partial charge in [-0.05, 0) is 24.6 Å². The summed E-state index contributed by atoms with van der Waals surface area (Å²) in [7, 11) is 2.75. The summed E-state index contributed by atoms with van der Waals surface area (Å²) in [6, 6.07) is 3.13. The van der Waals surface area contributed by atoms with Crippen LogP contribution < -0.4 is 4.74 Å². The highest BCUT2D eigenvalue weighted by molar-refractivity contribution is 5.96. The van der Waals surface area contributed by atoms with Gasteiger partial charge in [0, 0.05) is 12.7 Å². The SMILES string of the molecule is COCOc1ccc(C=O)c(C)c1C(=O)OC. The lowest BCUT2D eigenvalue weighted by Gasteiger charge is -2.12. The molecule has 0 spiro atoms. The lowest BCUT2D eigenvalue weighted by atomic mass is 10.0. The molecule has 0 aliphatic heterocycles. The average molecular weight is 238 g/mol. The van der Waals surface area contributed by atoms with Gasteiger partial charge in [0.1, 0.15) is 17.6 Å². The van der Waals surface area contributed by atoms with Crippen LogP contribution in [0.3, 0.4) is 0 Å². The number of carbonyl (C=O) groups is 2. The highest BCUT2D eigenvalue weighted by Crippen LogP contribution is 2.25. The summed E-state index contributed by atoms with van der Waals surface area (Å²) < 4.78 is 14.7. The highest BCUT2D eigenvalue weighted by atomic mass is 16.7. The third-order valence-electron chi connectivity index (χ3n) is 2.32. The standard InChI is InChI=1S/C12H14O5/c1-8-9(6-13)4-5-10(17-7-15-2)11(8)12(14)16-3/h4-6H,7H2,1-3H3. The van der Waals surface area contributed by atoms with Crippen LogP contribution in [-0.2, 0) is 9.47 Å². The first-order valence-corrected chi connectivity index (χ1v) is 4.94. The molecule has 1 rings (SSSR count). The van der Waals surface area contributed by atoms with Crippen LogP contribution >= 0.6 is 0 Å². The summed E-state index contributed by atoms with van der Waals surface area (Å²) in [6.07, 6.45) is 0.682. The predicted octanol–water partition coefficient (Wildman–Crippen LogP) is 1.58. The molecular formula is C12H14O5. The van der Waals surface area contributed by atoms with Gasteiger partial charge in [-0.25, -0.2) is 4.79 Å². The number of ether oxygens (including phenoxy) is 3. The molecule has 0 heterocycles. The molecule has 0 fully saturated rings. The lowest BCUT2D eigenvalue weighted by Crippen LogP contribution is -2.10. The summed E-state index contributed by atoms with van der Waals surface area (Å²) >= 11 is 0. The molecule has 1 aromatic rings. The molecule has 0 aliphatic carbocycles. The molecule has 1 aromatic carbocycles. The third-order valence-corrected chi connectivity index (χ3v) is 2.32. The minimum atomic E-state index is -0.544. The van der Waals surface area contributed by atoms with Crippen molar-refractivity contribution in [3.8, 4) is 5.75 Å².